The summed E-state index contributed by atoms with van der Waals surface area (Å²) in [4.78, 5) is 19.6. The third-order valence-corrected chi connectivity index (χ3v) is 5.10. The number of benzene rings is 1. The van der Waals surface area contributed by atoms with Crippen molar-refractivity contribution >= 4 is 44.9 Å². The van der Waals surface area contributed by atoms with E-state index in [1.165, 1.54) is 24.2 Å². The number of aliphatic imine (C=N–C) groups is 2. The Morgan fingerprint density at radius 3 is 2.93 bits per heavy atom. The molecule has 1 aliphatic rings. The predicted molar refractivity (Wildman–Crippen MR) is 112 cm³/mol. The van der Waals surface area contributed by atoms with E-state index in [-0.39, 0.29) is 5.82 Å². The SMILES string of the molecule is CCCCN(C)c1ncnc(N)c1N=C(C)SC1=Nc2cccc(F)c2C1. The summed E-state index contributed by atoms with van der Waals surface area (Å²) in [7, 11) is 1.97. The van der Waals surface area contributed by atoms with Crippen LogP contribution in [0.3, 0.4) is 0 Å². The van der Waals surface area contributed by atoms with Gasteiger partial charge in [0.05, 0.1) is 15.8 Å². The van der Waals surface area contributed by atoms with Crippen LogP contribution >= 0.6 is 11.8 Å². The van der Waals surface area contributed by atoms with Gasteiger partial charge < -0.3 is 10.6 Å². The summed E-state index contributed by atoms with van der Waals surface area (Å²) in [5.74, 6) is 0.826. The highest BCUT2D eigenvalue weighted by atomic mass is 32.2. The van der Waals surface area contributed by atoms with Crippen LogP contribution in [0.4, 0.5) is 27.4 Å². The van der Waals surface area contributed by atoms with E-state index < -0.39 is 0 Å². The van der Waals surface area contributed by atoms with Crippen LogP contribution in [0.5, 0.6) is 0 Å². The molecule has 2 N–H and O–H groups in total. The molecule has 0 fully saturated rings. The van der Waals surface area contributed by atoms with Crippen molar-refractivity contribution < 1.29 is 4.39 Å². The first-order valence-corrected chi connectivity index (χ1v) is 9.71. The average molecular weight is 387 g/mol. The molecular weight excluding hydrogens is 363 g/mol. The van der Waals surface area contributed by atoms with Crippen molar-refractivity contribution in [3.63, 3.8) is 0 Å². The minimum Gasteiger partial charge on any atom is -0.382 e. The molecule has 8 heteroatoms. The molecule has 3 rings (SSSR count). The minimum atomic E-state index is -0.220. The molecule has 0 saturated carbocycles. The van der Waals surface area contributed by atoms with Crippen LogP contribution < -0.4 is 10.6 Å². The van der Waals surface area contributed by atoms with Crippen LogP contribution in [0.2, 0.25) is 0 Å². The number of halogens is 1. The summed E-state index contributed by atoms with van der Waals surface area (Å²) in [6.07, 6.45) is 4.08. The summed E-state index contributed by atoms with van der Waals surface area (Å²) < 4.78 is 13.9. The van der Waals surface area contributed by atoms with Gasteiger partial charge in [0.2, 0.25) is 0 Å². The maximum absolute atomic E-state index is 13.9. The molecule has 27 heavy (non-hydrogen) atoms. The number of nitrogens with two attached hydrogens (primary N) is 1. The van der Waals surface area contributed by atoms with Gasteiger partial charge in [-0.15, -0.1) is 0 Å². The van der Waals surface area contributed by atoms with Gasteiger partial charge in [0.15, 0.2) is 11.6 Å². The maximum atomic E-state index is 13.9. The van der Waals surface area contributed by atoms with Gasteiger partial charge in [-0.3, -0.25) is 0 Å². The number of anilines is 2. The summed E-state index contributed by atoms with van der Waals surface area (Å²) >= 11 is 1.42. The van der Waals surface area contributed by atoms with Crippen LogP contribution in [0.15, 0.2) is 34.5 Å². The number of fused-ring (bicyclic) bond motifs is 1. The molecule has 6 nitrogen and oxygen atoms in total. The fourth-order valence-corrected chi connectivity index (χ4v) is 3.67. The van der Waals surface area contributed by atoms with Crippen molar-refractivity contribution in [1.82, 2.24) is 9.97 Å². The van der Waals surface area contributed by atoms with Gasteiger partial charge in [0.1, 0.15) is 17.8 Å². The molecule has 0 radical (unpaired) electrons. The zero-order chi connectivity index (χ0) is 19.4. The smallest absolute Gasteiger partial charge is 0.159 e. The number of rotatable bonds is 5. The minimum absolute atomic E-state index is 0.220. The van der Waals surface area contributed by atoms with Crippen molar-refractivity contribution in [2.75, 3.05) is 24.2 Å². The number of thioether (sulfide) groups is 1. The molecule has 0 saturated heterocycles. The van der Waals surface area contributed by atoms with Gasteiger partial charge in [0.25, 0.3) is 0 Å². The van der Waals surface area contributed by atoms with Crippen LogP contribution in [0.25, 0.3) is 0 Å². The summed E-state index contributed by atoms with van der Waals surface area (Å²) in [6, 6.07) is 4.96. The number of aromatic nitrogens is 2. The fraction of sp³-hybridized carbons (Fsp3) is 0.368. The molecule has 0 unspecified atom stereocenters. The van der Waals surface area contributed by atoms with E-state index in [1.54, 1.807) is 6.07 Å². The van der Waals surface area contributed by atoms with Gasteiger partial charge in [-0.05, 0) is 25.5 Å². The molecule has 1 aromatic heterocycles. The second-order valence-corrected chi connectivity index (χ2v) is 7.63. The van der Waals surface area contributed by atoms with Gasteiger partial charge >= 0.3 is 0 Å². The lowest BCUT2D eigenvalue weighted by Crippen LogP contribution is -2.20. The number of hydrogen-bond donors (Lipinski definition) is 1. The fourth-order valence-electron chi connectivity index (χ4n) is 2.83. The molecule has 1 aromatic carbocycles. The Morgan fingerprint density at radius 1 is 1.37 bits per heavy atom. The zero-order valence-corrected chi connectivity index (χ0v) is 16.6. The van der Waals surface area contributed by atoms with Crippen LogP contribution in [-0.4, -0.2) is 33.6 Å². The quantitative estimate of drug-likeness (QED) is 0.604. The van der Waals surface area contributed by atoms with E-state index in [0.29, 0.717) is 35.0 Å². The third kappa shape index (κ3) is 4.44. The van der Waals surface area contributed by atoms with Crippen molar-refractivity contribution in [1.29, 1.82) is 0 Å². The molecule has 0 atom stereocenters. The highest BCUT2D eigenvalue weighted by Gasteiger charge is 2.20. The largest absolute Gasteiger partial charge is 0.382 e. The molecule has 0 aliphatic carbocycles. The molecule has 142 valence electrons. The van der Waals surface area contributed by atoms with E-state index >= 15 is 0 Å². The normalized spacial score (nSPS) is 13.5. The highest BCUT2D eigenvalue weighted by Crippen LogP contribution is 2.35. The lowest BCUT2D eigenvalue weighted by atomic mass is 10.1. The van der Waals surface area contributed by atoms with E-state index in [9.17, 15) is 4.39 Å². The van der Waals surface area contributed by atoms with Crippen LogP contribution in [0, 0.1) is 5.82 Å². The Kier molecular flexibility index (Phi) is 6.05. The van der Waals surface area contributed by atoms with E-state index in [4.69, 9.17) is 5.73 Å². The number of unbranched alkanes of at least 4 members (excludes halogenated alkanes) is 1. The molecule has 1 aliphatic heterocycles. The number of nitrogen functional groups attached to an aromatic ring is 1. The van der Waals surface area contributed by atoms with E-state index in [0.717, 1.165) is 29.5 Å². The summed E-state index contributed by atoms with van der Waals surface area (Å²) in [5.41, 5.74) is 7.94. The van der Waals surface area contributed by atoms with Gasteiger partial charge in [-0.25, -0.2) is 24.3 Å². The Balaban J connectivity index is 1.80. The van der Waals surface area contributed by atoms with Gasteiger partial charge in [-0.1, -0.05) is 31.2 Å². The first-order chi connectivity index (χ1) is 13.0. The van der Waals surface area contributed by atoms with Crippen molar-refractivity contribution in [2.24, 2.45) is 9.98 Å². The number of hydrogen-bond acceptors (Lipinski definition) is 7. The Labute approximate surface area is 162 Å². The second kappa shape index (κ2) is 8.47. The Hall–Kier alpha value is -2.48. The first-order valence-electron chi connectivity index (χ1n) is 8.89. The molecule has 0 bridgehead atoms. The molecule has 0 amide bonds. The molecule has 2 heterocycles. The van der Waals surface area contributed by atoms with Gasteiger partial charge in [0, 0.05) is 25.6 Å². The van der Waals surface area contributed by atoms with Crippen molar-refractivity contribution in [3.8, 4) is 0 Å². The van der Waals surface area contributed by atoms with Crippen LogP contribution in [0.1, 0.15) is 32.3 Å². The maximum Gasteiger partial charge on any atom is 0.159 e. The van der Waals surface area contributed by atoms with E-state index in [1.807, 2.05) is 24.9 Å². The Bertz CT molecular complexity index is 896. The summed E-state index contributed by atoms with van der Waals surface area (Å²) in [5, 5.41) is 1.57. The topological polar surface area (TPSA) is 79.8 Å². The second-order valence-electron chi connectivity index (χ2n) is 6.36. The lowest BCUT2D eigenvalue weighted by molar-refractivity contribution is 0.618. The van der Waals surface area contributed by atoms with E-state index in [2.05, 4.69) is 26.9 Å². The highest BCUT2D eigenvalue weighted by molar-refractivity contribution is 8.26. The van der Waals surface area contributed by atoms with Gasteiger partial charge in [-0.2, -0.15) is 0 Å². The molecular formula is C19H23FN6S. The number of nitrogens with zero attached hydrogens (tertiary/aromatic N) is 5. The predicted octanol–water partition coefficient (Wildman–Crippen LogP) is 4.50. The lowest BCUT2D eigenvalue weighted by Gasteiger charge is -2.19. The molecule has 0 spiro atoms. The summed E-state index contributed by atoms with van der Waals surface area (Å²) in [6.45, 7) is 4.89. The third-order valence-electron chi connectivity index (χ3n) is 4.24. The van der Waals surface area contributed by atoms with Crippen molar-refractivity contribution in [2.45, 2.75) is 33.1 Å². The first kappa shape index (κ1) is 19.3. The molecule has 2 aromatic rings. The standard InChI is InChI=1S/C19H23FN6S/c1-4-5-9-26(3)19-17(18(21)22-11-23-19)24-12(2)27-16-10-13-14(20)7-6-8-15(13)25-16/h6-8,11H,4-5,9-10H2,1-3H3,(H2,21,22,23). The zero-order valence-electron chi connectivity index (χ0n) is 15.7. The average Bonchev–Trinajstić information content (AvgIpc) is 3.05. The van der Waals surface area contributed by atoms with Crippen molar-refractivity contribution in [3.05, 3.63) is 35.9 Å². The monoisotopic (exact) mass is 386 g/mol. The Morgan fingerprint density at radius 2 is 2.19 bits per heavy atom. The van der Waals surface area contributed by atoms with Crippen LogP contribution in [-0.2, 0) is 6.42 Å².